The Kier molecular flexibility index (Phi) is 5.41. The summed E-state index contributed by atoms with van der Waals surface area (Å²) >= 11 is 0. The molecule has 2 rings (SSSR count). The number of anilines is 1. The van der Waals surface area contributed by atoms with Crippen LogP contribution in [0.25, 0.3) is 11.3 Å². The third-order valence-corrected chi connectivity index (χ3v) is 3.32. The molecule has 1 aromatic heterocycles. The molecule has 1 heterocycles. The van der Waals surface area contributed by atoms with Crippen LogP contribution in [-0.4, -0.2) is 24.1 Å². The standard InChI is InChI=1S/C17H19NO5/c1-3-4-5-16(19)18-11-6-7-13(22-2)12(10-11)14-8-9-15(23-14)17(20)21/h6-10H,3-5H2,1-2H3,(H,18,19)(H,20,21). The van der Waals surface area contributed by atoms with Crippen LogP contribution in [0.4, 0.5) is 5.69 Å². The Morgan fingerprint density at radius 2 is 2.04 bits per heavy atom. The number of aromatic carboxylic acids is 1. The van der Waals surface area contributed by atoms with Gasteiger partial charge in [0.05, 0.1) is 12.7 Å². The molecule has 0 bridgehead atoms. The summed E-state index contributed by atoms with van der Waals surface area (Å²) in [5.74, 6) is -0.459. The lowest BCUT2D eigenvalue weighted by atomic mass is 10.1. The van der Waals surface area contributed by atoms with Crippen molar-refractivity contribution >= 4 is 17.6 Å². The number of methoxy groups -OCH3 is 1. The van der Waals surface area contributed by atoms with Crippen molar-refractivity contribution in [3.63, 3.8) is 0 Å². The van der Waals surface area contributed by atoms with E-state index in [9.17, 15) is 9.59 Å². The molecule has 1 amide bonds. The van der Waals surface area contributed by atoms with Crippen molar-refractivity contribution in [2.45, 2.75) is 26.2 Å². The number of carbonyl (C=O) groups excluding carboxylic acids is 1. The normalized spacial score (nSPS) is 10.3. The first-order valence-electron chi connectivity index (χ1n) is 7.36. The molecule has 6 heteroatoms. The van der Waals surface area contributed by atoms with E-state index in [0.717, 1.165) is 12.8 Å². The van der Waals surface area contributed by atoms with Gasteiger partial charge in [-0.05, 0) is 36.8 Å². The van der Waals surface area contributed by atoms with E-state index in [-0.39, 0.29) is 11.7 Å². The first-order chi connectivity index (χ1) is 11.0. The fourth-order valence-electron chi connectivity index (χ4n) is 2.14. The summed E-state index contributed by atoms with van der Waals surface area (Å²) in [4.78, 5) is 22.8. The largest absolute Gasteiger partial charge is 0.496 e. The van der Waals surface area contributed by atoms with E-state index in [1.54, 1.807) is 24.3 Å². The Morgan fingerprint density at radius 1 is 1.26 bits per heavy atom. The molecule has 0 unspecified atom stereocenters. The maximum absolute atomic E-state index is 11.8. The number of benzene rings is 1. The van der Waals surface area contributed by atoms with Crippen molar-refractivity contribution in [2.24, 2.45) is 0 Å². The van der Waals surface area contributed by atoms with Gasteiger partial charge in [0.15, 0.2) is 0 Å². The van der Waals surface area contributed by atoms with Gasteiger partial charge in [-0.15, -0.1) is 0 Å². The van der Waals surface area contributed by atoms with Gasteiger partial charge in [-0.2, -0.15) is 0 Å². The zero-order chi connectivity index (χ0) is 16.8. The second-order valence-electron chi connectivity index (χ2n) is 5.04. The van der Waals surface area contributed by atoms with Gasteiger partial charge in [-0.3, -0.25) is 4.79 Å². The summed E-state index contributed by atoms with van der Waals surface area (Å²) in [7, 11) is 1.51. The van der Waals surface area contributed by atoms with Crippen LogP contribution in [0.5, 0.6) is 5.75 Å². The van der Waals surface area contributed by atoms with Gasteiger partial charge in [0.2, 0.25) is 11.7 Å². The van der Waals surface area contributed by atoms with Gasteiger partial charge in [-0.1, -0.05) is 13.3 Å². The number of nitrogens with one attached hydrogen (secondary N) is 1. The molecule has 0 aliphatic rings. The van der Waals surface area contributed by atoms with E-state index in [4.69, 9.17) is 14.3 Å². The van der Waals surface area contributed by atoms with Crippen molar-refractivity contribution in [3.05, 3.63) is 36.1 Å². The average Bonchev–Trinajstić information content (AvgIpc) is 3.03. The van der Waals surface area contributed by atoms with Gasteiger partial charge >= 0.3 is 5.97 Å². The monoisotopic (exact) mass is 317 g/mol. The number of rotatable bonds is 7. The molecule has 0 aliphatic carbocycles. The lowest BCUT2D eigenvalue weighted by molar-refractivity contribution is -0.116. The lowest BCUT2D eigenvalue weighted by Crippen LogP contribution is -2.11. The van der Waals surface area contributed by atoms with E-state index < -0.39 is 5.97 Å². The zero-order valence-electron chi connectivity index (χ0n) is 13.1. The van der Waals surface area contributed by atoms with Gasteiger partial charge < -0.3 is 19.6 Å². The summed E-state index contributed by atoms with van der Waals surface area (Å²) in [5.41, 5.74) is 1.18. The van der Waals surface area contributed by atoms with Crippen molar-refractivity contribution in [3.8, 4) is 17.1 Å². The van der Waals surface area contributed by atoms with Crippen LogP contribution in [-0.2, 0) is 4.79 Å². The van der Waals surface area contributed by atoms with E-state index in [1.807, 2.05) is 6.92 Å². The van der Waals surface area contributed by atoms with E-state index >= 15 is 0 Å². The third kappa shape index (κ3) is 4.12. The second kappa shape index (κ2) is 7.49. The van der Waals surface area contributed by atoms with Crippen LogP contribution in [0, 0.1) is 0 Å². The fourth-order valence-corrected chi connectivity index (χ4v) is 2.14. The first kappa shape index (κ1) is 16.6. The molecule has 1 aromatic carbocycles. The van der Waals surface area contributed by atoms with E-state index in [0.29, 0.717) is 29.2 Å². The molecule has 0 saturated heterocycles. The minimum atomic E-state index is -1.14. The van der Waals surface area contributed by atoms with Gasteiger partial charge in [0, 0.05) is 12.1 Å². The number of amides is 1. The summed E-state index contributed by atoms with van der Waals surface area (Å²) in [6, 6.07) is 8.07. The van der Waals surface area contributed by atoms with Crippen molar-refractivity contribution in [1.82, 2.24) is 0 Å². The first-order valence-corrected chi connectivity index (χ1v) is 7.36. The Morgan fingerprint density at radius 3 is 2.65 bits per heavy atom. The summed E-state index contributed by atoms with van der Waals surface area (Å²) in [6.45, 7) is 2.02. The molecule has 0 fully saturated rings. The Balaban J connectivity index is 2.28. The maximum Gasteiger partial charge on any atom is 0.371 e. The smallest absolute Gasteiger partial charge is 0.371 e. The summed E-state index contributed by atoms with van der Waals surface area (Å²) in [5, 5.41) is 11.8. The highest BCUT2D eigenvalue weighted by Gasteiger charge is 2.15. The average molecular weight is 317 g/mol. The number of ether oxygens (including phenoxy) is 1. The van der Waals surface area contributed by atoms with Crippen molar-refractivity contribution < 1.29 is 23.8 Å². The van der Waals surface area contributed by atoms with Crippen LogP contribution >= 0.6 is 0 Å². The van der Waals surface area contributed by atoms with Gasteiger partial charge in [0.1, 0.15) is 11.5 Å². The highest BCUT2D eigenvalue weighted by Crippen LogP contribution is 2.33. The molecule has 0 spiro atoms. The number of carboxylic acid groups (broad SMARTS) is 1. The van der Waals surface area contributed by atoms with E-state index in [2.05, 4.69) is 5.32 Å². The quantitative estimate of drug-likeness (QED) is 0.811. The second-order valence-corrected chi connectivity index (χ2v) is 5.04. The minimum Gasteiger partial charge on any atom is -0.496 e. The van der Waals surface area contributed by atoms with Crippen LogP contribution in [0.1, 0.15) is 36.7 Å². The van der Waals surface area contributed by atoms with Crippen molar-refractivity contribution in [1.29, 1.82) is 0 Å². The maximum atomic E-state index is 11.8. The van der Waals surface area contributed by atoms with Crippen molar-refractivity contribution in [2.75, 3.05) is 12.4 Å². The number of hydrogen-bond acceptors (Lipinski definition) is 4. The minimum absolute atomic E-state index is 0.0614. The van der Waals surface area contributed by atoms with Crippen LogP contribution in [0.15, 0.2) is 34.7 Å². The van der Waals surface area contributed by atoms with Crippen LogP contribution in [0.3, 0.4) is 0 Å². The molecule has 0 aliphatic heterocycles. The Labute approximate surface area is 134 Å². The van der Waals surface area contributed by atoms with E-state index in [1.165, 1.54) is 13.2 Å². The fraction of sp³-hybridized carbons (Fsp3) is 0.294. The summed E-state index contributed by atoms with van der Waals surface area (Å²) < 4.78 is 10.6. The molecule has 23 heavy (non-hydrogen) atoms. The highest BCUT2D eigenvalue weighted by molar-refractivity contribution is 5.92. The Hall–Kier alpha value is -2.76. The molecule has 6 nitrogen and oxygen atoms in total. The topological polar surface area (TPSA) is 88.8 Å². The number of furan rings is 1. The SMILES string of the molecule is CCCCC(=O)Nc1ccc(OC)c(-c2ccc(C(=O)O)o2)c1. The van der Waals surface area contributed by atoms with Gasteiger partial charge in [-0.25, -0.2) is 4.79 Å². The molecule has 0 radical (unpaired) electrons. The predicted octanol–water partition coefficient (Wildman–Crippen LogP) is 3.78. The lowest BCUT2D eigenvalue weighted by Gasteiger charge is -2.10. The predicted molar refractivity (Wildman–Crippen MR) is 85.8 cm³/mol. The zero-order valence-corrected chi connectivity index (χ0v) is 13.1. The van der Waals surface area contributed by atoms with Crippen LogP contribution in [0.2, 0.25) is 0 Å². The van der Waals surface area contributed by atoms with Gasteiger partial charge in [0.25, 0.3) is 0 Å². The number of unbranched alkanes of at least 4 members (excludes halogenated alkanes) is 1. The molecular weight excluding hydrogens is 298 g/mol. The third-order valence-electron chi connectivity index (χ3n) is 3.32. The molecule has 122 valence electrons. The molecule has 0 saturated carbocycles. The molecule has 0 atom stereocenters. The molecule has 2 N–H and O–H groups in total. The number of hydrogen-bond donors (Lipinski definition) is 2. The number of carbonyl (C=O) groups is 2. The molecular formula is C17H19NO5. The summed E-state index contributed by atoms with van der Waals surface area (Å²) in [6.07, 6.45) is 2.24. The number of carboxylic acids is 1. The Bertz CT molecular complexity index is 705. The van der Waals surface area contributed by atoms with Crippen LogP contribution < -0.4 is 10.1 Å². The highest BCUT2D eigenvalue weighted by atomic mass is 16.5. The molecule has 2 aromatic rings.